The van der Waals surface area contributed by atoms with Crippen molar-refractivity contribution in [3.63, 3.8) is 0 Å². The van der Waals surface area contributed by atoms with E-state index in [0.29, 0.717) is 0 Å². The fraction of sp³-hybridized carbons (Fsp3) is 0.417. The van der Waals surface area contributed by atoms with Crippen LogP contribution in [-0.2, 0) is 13.0 Å². The maximum Gasteiger partial charge on any atom is 0.195 e. The highest BCUT2D eigenvalue weighted by atomic mass is 16.3. The first-order valence-corrected chi connectivity index (χ1v) is 5.32. The van der Waals surface area contributed by atoms with E-state index in [2.05, 4.69) is 11.9 Å². The lowest BCUT2D eigenvalue weighted by Crippen LogP contribution is -1.83. The molecule has 1 N–H and O–H groups in total. The fourth-order valence-corrected chi connectivity index (χ4v) is 1.55. The van der Waals surface area contributed by atoms with Crippen molar-refractivity contribution in [3.8, 4) is 0 Å². The number of benzene rings is 1. The summed E-state index contributed by atoms with van der Waals surface area (Å²) >= 11 is 0. The van der Waals surface area contributed by atoms with Gasteiger partial charge >= 0.3 is 0 Å². The highest BCUT2D eigenvalue weighted by molar-refractivity contribution is 5.73. The number of rotatable bonds is 4. The van der Waals surface area contributed by atoms with Crippen LogP contribution in [-0.4, -0.2) is 10.1 Å². The molecule has 0 aliphatic carbocycles. The number of hydrogen-bond donors (Lipinski definition) is 1. The van der Waals surface area contributed by atoms with Crippen molar-refractivity contribution in [1.29, 1.82) is 0 Å². The second-order valence-corrected chi connectivity index (χ2v) is 3.67. The Bertz CT molecular complexity index is 448. The second-order valence-electron chi connectivity index (χ2n) is 3.67. The summed E-state index contributed by atoms with van der Waals surface area (Å²) in [6.45, 7) is 2.19. The zero-order valence-electron chi connectivity index (χ0n) is 8.86. The second kappa shape index (κ2) is 4.45. The van der Waals surface area contributed by atoms with Crippen LogP contribution in [0.5, 0.6) is 0 Å². The minimum Gasteiger partial charge on any atom is -0.441 e. The van der Waals surface area contributed by atoms with Gasteiger partial charge in [-0.05, 0) is 24.1 Å². The molecule has 80 valence electrons. The summed E-state index contributed by atoms with van der Waals surface area (Å²) in [6, 6.07) is 5.59. The number of unbranched alkanes of at least 4 members (excludes halogenated alkanes) is 1. The van der Waals surface area contributed by atoms with Crippen molar-refractivity contribution in [2.24, 2.45) is 0 Å². The Morgan fingerprint density at radius 1 is 1.40 bits per heavy atom. The van der Waals surface area contributed by atoms with E-state index in [1.165, 1.54) is 0 Å². The Labute approximate surface area is 88.7 Å². The van der Waals surface area contributed by atoms with Gasteiger partial charge in [-0.3, -0.25) is 0 Å². The number of aliphatic hydroxyl groups excluding tert-OH is 1. The van der Waals surface area contributed by atoms with E-state index in [9.17, 15) is 0 Å². The predicted octanol–water partition coefficient (Wildman–Crippen LogP) is 2.66. The van der Waals surface area contributed by atoms with E-state index in [1.807, 2.05) is 18.2 Å². The molecule has 2 rings (SSSR count). The molecular formula is C12H15NO2. The molecule has 1 aromatic carbocycles. The molecule has 3 nitrogen and oxygen atoms in total. The summed E-state index contributed by atoms with van der Waals surface area (Å²) in [5.74, 6) is 0.793. The maximum absolute atomic E-state index is 8.99. The molecule has 0 unspecified atom stereocenters. The first-order chi connectivity index (χ1) is 7.33. The Morgan fingerprint density at radius 2 is 2.27 bits per heavy atom. The Balaban J connectivity index is 2.29. The highest BCUT2D eigenvalue weighted by Gasteiger charge is 2.05. The standard InChI is InChI=1S/C12H15NO2/c1-2-3-4-12-13-10-7-9(8-14)5-6-11(10)15-12/h5-7,14H,2-4,8H2,1H3. The van der Waals surface area contributed by atoms with Crippen molar-refractivity contribution >= 4 is 11.1 Å². The van der Waals surface area contributed by atoms with Gasteiger partial charge in [0.15, 0.2) is 11.5 Å². The molecule has 0 radical (unpaired) electrons. The van der Waals surface area contributed by atoms with Crippen LogP contribution in [0, 0.1) is 0 Å². The molecule has 1 heterocycles. The van der Waals surface area contributed by atoms with Crippen LogP contribution in [0.4, 0.5) is 0 Å². The molecule has 0 aliphatic heterocycles. The first-order valence-electron chi connectivity index (χ1n) is 5.32. The lowest BCUT2D eigenvalue weighted by Gasteiger charge is -1.92. The van der Waals surface area contributed by atoms with E-state index >= 15 is 0 Å². The zero-order chi connectivity index (χ0) is 10.7. The maximum atomic E-state index is 8.99. The monoisotopic (exact) mass is 205 g/mol. The Kier molecular flexibility index (Phi) is 3.02. The van der Waals surface area contributed by atoms with E-state index in [4.69, 9.17) is 9.52 Å². The largest absolute Gasteiger partial charge is 0.441 e. The van der Waals surface area contributed by atoms with Gasteiger partial charge in [0.1, 0.15) is 5.52 Å². The summed E-state index contributed by atoms with van der Waals surface area (Å²) in [6.07, 6.45) is 3.12. The van der Waals surface area contributed by atoms with Crippen molar-refractivity contribution in [2.45, 2.75) is 32.8 Å². The topological polar surface area (TPSA) is 46.3 Å². The molecule has 0 fully saturated rings. The van der Waals surface area contributed by atoms with Crippen LogP contribution in [0.15, 0.2) is 22.6 Å². The normalized spacial score (nSPS) is 11.1. The minimum absolute atomic E-state index is 0.0487. The number of oxazole rings is 1. The smallest absolute Gasteiger partial charge is 0.195 e. The van der Waals surface area contributed by atoms with Gasteiger partial charge in [-0.2, -0.15) is 0 Å². The third kappa shape index (κ3) is 2.18. The molecule has 0 atom stereocenters. The van der Waals surface area contributed by atoms with Crippen molar-refractivity contribution in [3.05, 3.63) is 29.7 Å². The zero-order valence-corrected chi connectivity index (χ0v) is 8.86. The first kappa shape index (κ1) is 10.2. The van der Waals surface area contributed by atoms with Gasteiger partial charge in [0.05, 0.1) is 6.61 Å². The summed E-state index contributed by atoms with van der Waals surface area (Å²) in [5.41, 5.74) is 2.52. The number of aryl methyl sites for hydroxylation is 1. The van der Waals surface area contributed by atoms with Crippen LogP contribution >= 0.6 is 0 Å². The molecule has 0 spiro atoms. The third-order valence-electron chi connectivity index (χ3n) is 2.42. The molecule has 0 saturated carbocycles. The number of hydrogen-bond acceptors (Lipinski definition) is 3. The predicted molar refractivity (Wildman–Crippen MR) is 58.5 cm³/mol. The fourth-order valence-electron chi connectivity index (χ4n) is 1.55. The third-order valence-corrected chi connectivity index (χ3v) is 2.42. The summed E-state index contributed by atoms with van der Waals surface area (Å²) in [4.78, 5) is 4.38. The highest BCUT2D eigenvalue weighted by Crippen LogP contribution is 2.18. The molecule has 1 aromatic heterocycles. The molecule has 15 heavy (non-hydrogen) atoms. The van der Waals surface area contributed by atoms with Crippen LogP contribution in [0.1, 0.15) is 31.2 Å². The van der Waals surface area contributed by atoms with Crippen LogP contribution < -0.4 is 0 Å². The molecular weight excluding hydrogens is 190 g/mol. The van der Waals surface area contributed by atoms with E-state index in [0.717, 1.165) is 41.8 Å². The number of aliphatic hydroxyl groups is 1. The average Bonchev–Trinajstić information content (AvgIpc) is 2.67. The van der Waals surface area contributed by atoms with Crippen LogP contribution in [0.2, 0.25) is 0 Å². The number of nitrogens with zero attached hydrogens (tertiary/aromatic N) is 1. The van der Waals surface area contributed by atoms with Gasteiger partial charge in [0.2, 0.25) is 0 Å². The molecule has 2 aromatic rings. The van der Waals surface area contributed by atoms with Crippen LogP contribution in [0.3, 0.4) is 0 Å². The molecule has 3 heteroatoms. The van der Waals surface area contributed by atoms with Gasteiger partial charge in [-0.1, -0.05) is 19.4 Å². The number of aromatic nitrogens is 1. The van der Waals surface area contributed by atoms with Gasteiger partial charge in [0.25, 0.3) is 0 Å². The van der Waals surface area contributed by atoms with Gasteiger partial charge in [-0.25, -0.2) is 4.98 Å². The Morgan fingerprint density at radius 3 is 3.00 bits per heavy atom. The van der Waals surface area contributed by atoms with Crippen molar-refractivity contribution in [2.75, 3.05) is 0 Å². The summed E-state index contributed by atoms with van der Waals surface area (Å²) < 4.78 is 5.58. The SMILES string of the molecule is CCCCc1nc2cc(CO)ccc2o1. The van der Waals surface area contributed by atoms with E-state index in [-0.39, 0.29) is 6.61 Å². The quantitative estimate of drug-likeness (QED) is 0.834. The lowest BCUT2D eigenvalue weighted by atomic mass is 10.2. The minimum atomic E-state index is 0.0487. The molecule has 0 aliphatic rings. The Hall–Kier alpha value is -1.35. The molecule has 0 bridgehead atoms. The van der Waals surface area contributed by atoms with Gasteiger partial charge in [-0.15, -0.1) is 0 Å². The molecule has 0 amide bonds. The van der Waals surface area contributed by atoms with Crippen molar-refractivity contribution in [1.82, 2.24) is 4.98 Å². The summed E-state index contributed by atoms with van der Waals surface area (Å²) in [5, 5.41) is 8.99. The van der Waals surface area contributed by atoms with E-state index < -0.39 is 0 Å². The van der Waals surface area contributed by atoms with Crippen molar-refractivity contribution < 1.29 is 9.52 Å². The summed E-state index contributed by atoms with van der Waals surface area (Å²) in [7, 11) is 0. The average molecular weight is 205 g/mol. The molecule has 0 saturated heterocycles. The van der Waals surface area contributed by atoms with Gasteiger partial charge < -0.3 is 9.52 Å². The van der Waals surface area contributed by atoms with Gasteiger partial charge in [0, 0.05) is 6.42 Å². The van der Waals surface area contributed by atoms with Crippen LogP contribution in [0.25, 0.3) is 11.1 Å². The lowest BCUT2D eigenvalue weighted by molar-refractivity contribution is 0.282. The van der Waals surface area contributed by atoms with E-state index in [1.54, 1.807) is 0 Å². The number of fused-ring (bicyclic) bond motifs is 1.